The summed E-state index contributed by atoms with van der Waals surface area (Å²) >= 11 is 0. The van der Waals surface area contributed by atoms with Crippen LogP contribution >= 0.6 is 0 Å². The quantitative estimate of drug-likeness (QED) is 0.812. The Morgan fingerprint density at radius 2 is 1.96 bits per heavy atom. The van der Waals surface area contributed by atoms with Gasteiger partial charge in [-0.2, -0.15) is 0 Å². The molecule has 1 aliphatic rings. The van der Waals surface area contributed by atoms with Gasteiger partial charge in [0.2, 0.25) is 0 Å². The topological polar surface area (TPSA) is 51.5 Å². The fourth-order valence-corrected chi connectivity index (χ4v) is 3.25. The highest BCUT2D eigenvalue weighted by atomic mass is 19.1. The van der Waals surface area contributed by atoms with Gasteiger partial charge in [-0.15, -0.1) is 0 Å². The first-order valence-corrected chi connectivity index (χ1v) is 8.22. The highest BCUT2D eigenvalue weighted by molar-refractivity contribution is 5.98. The van der Waals surface area contributed by atoms with E-state index in [0.717, 1.165) is 5.39 Å². The van der Waals surface area contributed by atoms with Crippen LogP contribution in [-0.4, -0.2) is 41.0 Å². The lowest BCUT2D eigenvalue weighted by Crippen LogP contribution is -2.41. The summed E-state index contributed by atoms with van der Waals surface area (Å²) in [7, 11) is 1.76. The molecule has 3 rings (SSSR count). The van der Waals surface area contributed by atoms with Gasteiger partial charge >= 0.3 is 5.97 Å². The van der Waals surface area contributed by atoms with Crippen molar-refractivity contribution < 1.29 is 18.7 Å². The van der Waals surface area contributed by atoms with Crippen molar-refractivity contribution in [2.45, 2.75) is 19.8 Å². The Morgan fingerprint density at radius 1 is 1.25 bits per heavy atom. The van der Waals surface area contributed by atoms with Gasteiger partial charge < -0.3 is 14.2 Å². The Kier molecular flexibility index (Phi) is 4.55. The number of hydrogen-bond acceptors (Lipinski definition) is 3. The molecule has 0 saturated carbocycles. The number of rotatable bonds is 3. The number of carbonyl (C=O) groups excluding carboxylic acids is 2. The molecule has 1 aromatic carbocycles. The molecule has 0 bridgehead atoms. The van der Waals surface area contributed by atoms with Crippen LogP contribution in [0, 0.1) is 11.7 Å². The summed E-state index contributed by atoms with van der Waals surface area (Å²) < 4.78 is 20.2. The summed E-state index contributed by atoms with van der Waals surface area (Å²) in [5.74, 6) is -0.713. The predicted octanol–water partition coefficient (Wildman–Crippen LogP) is 2.73. The van der Waals surface area contributed by atoms with E-state index in [0.29, 0.717) is 43.7 Å². The Balaban J connectivity index is 1.74. The number of halogens is 1. The van der Waals surface area contributed by atoms with Gasteiger partial charge in [-0.05, 0) is 44.0 Å². The van der Waals surface area contributed by atoms with Crippen LogP contribution in [0.5, 0.6) is 0 Å². The molecule has 0 N–H and O–H groups in total. The molecule has 24 heavy (non-hydrogen) atoms. The fraction of sp³-hybridized carbons (Fsp3) is 0.444. The van der Waals surface area contributed by atoms with E-state index in [-0.39, 0.29) is 23.6 Å². The minimum atomic E-state index is -0.321. The van der Waals surface area contributed by atoms with E-state index in [4.69, 9.17) is 4.74 Å². The minimum absolute atomic E-state index is 0.0867. The summed E-state index contributed by atoms with van der Waals surface area (Å²) in [4.78, 5) is 26.3. The summed E-state index contributed by atoms with van der Waals surface area (Å²) in [5.41, 5.74) is 1.23. The second-order valence-corrected chi connectivity index (χ2v) is 6.11. The Labute approximate surface area is 140 Å². The molecule has 0 atom stereocenters. The molecule has 0 unspecified atom stereocenters. The average molecular weight is 332 g/mol. The van der Waals surface area contributed by atoms with Crippen LogP contribution in [0.1, 0.15) is 30.3 Å². The number of fused-ring (bicyclic) bond motifs is 1. The molecular weight excluding hydrogens is 311 g/mol. The molecule has 1 aliphatic heterocycles. The molecule has 0 radical (unpaired) electrons. The first-order valence-electron chi connectivity index (χ1n) is 8.22. The molecule has 128 valence electrons. The molecule has 0 aliphatic carbocycles. The van der Waals surface area contributed by atoms with E-state index in [9.17, 15) is 14.0 Å². The van der Waals surface area contributed by atoms with Gasteiger partial charge in [0.1, 0.15) is 11.5 Å². The van der Waals surface area contributed by atoms with Crippen LogP contribution in [0.15, 0.2) is 24.3 Å². The maximum Gasteiger partial charge on any atom is 0.309 e. The van der Waals surface area contributed by atoms with Crippen molar-refractivity contribution in [2.24, 2.45) is 13.0 Å². The van der Waals surface area contributed by atoms with Gasteiger partial charge in [-0.25, -0.2) is 4.39 Å². The van der Waals surface area contributed by atoms with Crippen molar-refractivity contribution in [2.75, 3.05) is 19.7 Å². The number of nitrogens with zero attached hydrogens (tertiary/aromatic N) is 2. The normalized spacial score (nSPS) is 15.7. The van der Waals surface area contributed by atoms with Crippen LogP contribution in [0.25, 0.3) is 10.9 Å². The molecule has 1 saturated heterocycles. The van der Waals surface area contributed by atoms with Crippen molar-refractivity contribution in [3.8, 4) is 0 Å². The van der Waals surface area contributed by atoms with Crippen molar-refractivity contribution >= 4 is 22.8 Å². The molecular formula is C18H21FN2O3. The smallest absolute Gasteiger partial charge is 0.309 e. The SMILES string of the molecule is CCOC(=O)C1CCN(C(=O)c2cc3ccc(F)cc3n2C)CC1. The van der Waals surface area contributed by atoms with Crippen LogP contribution in [0.3, 0.4) is 0 Å². The lowest BCUT2D eigenvalue weighted by atomic mass is 9.97. The number of aryl methyl sites for hydroxylation is 1. The molecule has 2 aromatic rings. The Morgan fingerprint density at radius 3 is 2.62 bits per heavy atom. The van der Waals surface area contributed by atoms with Crippen molar-refractivity contribution in [3.63, 3.8) is 0 Å². The summed E-state index contributed by atoms with van der Waals surface area (Å²) in [6.45, 7) is 3.22. The van der Waals surface area contributed by atoms with E-state index >= 15 is 0 Å². The second kappa shape index (κ2) is 6.63. The monoisotopic (exact) mass is 332 g/mol. The van der Waals surface area contributed by atoms with Crippen molar-refractivity contribution in [1.82, 2.24) is 9.47 Å². The fourth-order valence-electron chi connectivity index (χ4n) is 3.25. The number of benzene rings is 1. The van der Waals surface area contributed by atoms with Gasteiger partial charge in [0.25, 0.3) is 5.91 Å². The summed E-state index contributed by atoms with van der Waals surface area (Å²) in [6, 6.07) is 6.28. The highest BCUT2D eigenvalue weighted by Crippen LogP contribution is 2.24. The van der Waals surface area contributed by atoms with Crippen molar-refractivity contribution in [3.05, 3.63) is 35.8 Å². The van der Waals surface area contributed by atoms with Crippen molar-refractivity contribution in [1.29, 1.82) is 0 Å². The zero-order chi connectivity index (χ0) is 17.3. The van der Waals surface area contributed by atoms with Crippen LogP contribution in [0.4, 0.5) is 4.39 Å². The van der Waals surface area contributed by atoms with E-state index in [1.54, 1.807) is 35.6 Å². The number of esters is 1. The highest BCUT2D eigenvalue weighted by Gasteiger charge is 2.29. The maximum absolute atomic E-state index is 13.4. The number of aromatic nitrogens is 1. The van der Waals surface area contributed by atoms with E-state index in [2.05, 4.69) is 0 Å². The van der Waals surface area contributed by atoms with E-state index < -0.39 is 0 Å². The lowest BCUT2D eigenvalue weighted by Gasteiger charge is -2.31. The molecule has 0 spiro atoms. The Hall–Kier alpha value is -2.37. The molecule has 5 nitrogen and oxygen atoms in total. The number of carbonyl (C=O) groups is 2. The number of ether oxygens (including phenoxy) is 1. The van der Waals surface area contributed by atoms with Gasteiger partial charge in [0.15, 0.2) is 0 Å². The lowest BCUT2D eigenvalue weighted by molar-refractivity contribution is -0.149. The molecule has 1 aromatic heterocycles. The maximum atomic E-state index is 13.4. The first kappa shape index (κ1) is 16.5. The van der Waals surface area contributed by atoms with E-state index in [1.807, 2.05) is 0 Å². The summed E-state index contributed by atoms with van der Waals surface area (Å²) in [6.07, 6.45) is 1.23. The molecule has 1 fully saturated rings. The van der Waals surface area contributed by atoms with Gasteiger partial charge in [-0.1, -0.05) is 0 Å². The molecule has 1 amide bonds. The standard InChI is InChI=1S/C18H21FN2O3/c1-3-24-18(23)12-6-8-21(9-7-12)17(22)16-10-13-4-5-14(19)11-15(13)20(16)2/h4-5,10-12H,3,6-9H2,1-2H3. The van der Waals surface area contributed by atoms with Gasteiger partial charge in [0, 0.05) is 25.5 Å². The zero-order valence-electron chi connectivity index (χ0n) is 13.9. The third-order valence-electron chi connectivity index (χ3n) is 4.63. The molecule has 2 heterocycles. The minimum Gasteiger partial charge on any atom is -0.466 e. The number of hydrogen-bond donors (Lipinski definition) is 0. The predicted molar refractivity (Wildman–Crippen MR) is 88.1 cm³/mol. The largest absolute Gasteiger partial charge is 0.466 e. The van der Waals surface area contributed by atoms with Crippen LogP contribution in [-0.2, 0) is 16.6 Å². The number of amides is 1. The van der Waals surface area contributed by atoms with Crippen LogP contribution in [0.2, 0.25) is 0 Å². The van der Waals surface area contributed by atoms with Gasteiger partial charge in [-0.3, -0.25) is 9.59 Å². The number of piperidine rings is 1. The van der Waals surface area contributed by atoms with Crippen LogP contribution < -0.4 is 0 Å². The second-order valence-electron chi connectivity index (χ2n) is 6.11. The zero-order valence-corrected chi connectivity index (χ0v) is 13.9. The van der Waals surface area contributed by atoms with E-state index in [1.165, 1.54) is 12.1 Å². The number of likely N-dealkylation sites (tertiary alicyclic amines) is 1. The third-order valence-corrected chi connectivity index (χ3v) is 4.63. The Bertz CT molecular complexity index is 776. The third kappa shape index (κ3) is 3.00. The first-order chi connectivity index (χ1) is 11.5. The average Bonchev–Trinajstić information content (AvgIpc) is 2.91. The summed E-state index contributed by atoms with van der Waals surface area (Å²) in [5, 5.41) is 0.837. The molecule has 6 heteroatoms. The van der Waals surface area contributed by atoms with Gasteiger partial charge in [0.05, 0.1) is 18.0 Å².